The number of rotatable bonds is 8. The van der Waals surface area contributed by atoms with Crippen molar-refractivity contribution >= 4 is 0 Å². The highest BCUT2D eigenvalue weighted by Gasteiger charge is 2.38. The van der Waals surface area contributed by atoms with Gasteiger partial charge >= 0.3 is 0 Å². The van der Waals surface area contributed by atoms with Gasteiger partial charge in [0.15, 0.2) is 0 Å². The first-order valence-corrected chi connectivity index (χ1v) is 9.14. The van der Waals surface area contributed by atoms with Crippen LogP contribution in [0.25, 0.3) is 0 Å². The lowest BCUT2D eigenvalue weighted by atomic mass is 10.00. The first-order valence-electron chi connectivity index (χ1n) is 9.14. The predicted octanol–water partition coefficient (Wildman–Crippen LogP) is 5.36. The zero-order valence-electron chi connectivity index (χ0n) is 14.8. The van der Waals surface area contributed by atoms with Crippen LogP contribution in [0.15, 0.2) is 54.6 Å². The Morgan fingerprint density at radius 3 is 2.29 bits per heavy atom. The normalized spacial score (nSPS) is 21.0. The summed E-state index contributed by atoms with van der Waals surface area (Å²) < 4.78 is 13.1. The Balaban J connectivity index is 1.51. The zero-order chi connectivity index (χ0) is 16.9. The lowest BCUT2D eigenvalue weighted by Gasteiger charge is -2.27. The van der Waals surface area contributed by atoms with Gasteiger partial charge in [-0.1, -0.05) is 61.5 Å². The molecule has 1 aliphatic rings. The molecule has 2 heteroatoms. The van der Waals surface area contributed by atoms with Crippen molar-refractivity contribution in [3.63, 3.8) is 0 Å². The van der Waals surface area contributed by atoms with Gasteiger partial charge in [0.05, 0.1) is 0 Å². The molecule has 3 rings (SSSR count). The van der Waals surface area contributed by atoms with Gasteiger partial charge in [-0.15, -0.1) is 0 Å². The van der Waals surface area contributed by atoms with Crippen LogP contribution >= 0.6 is 0 Å². The van der Waals surface area contributed by atoms with Crippen molar-refractivity contribution in [1.29, 1.82) is 0 Å². The van der Waals surface area contributed by atoms with Crippen LogP contribution in [0, 0.1) is 0 Å². The Kier molecular flexibility index (Phi) is 5.68. The summed E-state index contributed by atoms with van der Waals surface area (Å²) in [5.74, 6) is 0.166. The van der Waals surface area contributed by atoms with Crippen molar-refractivity contribution in [3.05, 3.63) is 71.3 Å². The van der Waals surface area contributed by atoms with Crippen molar-refractivity contribution in [2.75, 3.05) is 7.05 Å². The molecule has 1 saturated carbocycles. The Labute approximate surface area is 145 Å². The molecule has 2 aromatic rings. The number of aryl methyl sites for hydroxylation is 1. The minimum Gasteiger partial charge on any atom is -0.299 e. The van der Waals surface area contributed by atoms with E-state index in [0.717, 1.165) is 25.8 Å². The van der Waals surface area contributed by atoms with E-state index in [1.807, 2.05) is 0 Å². The van der Waals surface area contributed by atoms with E-state index in [9.17, 15) is 4.39 Å². The number of halogens is 1. The van der Waals surface area contributed by atoms with E-state index in [2.05, 4.69) is 73.5 Å². The fraction of sp³-hybridized carbons (Fsp3) is 0.455. The van der Waals surface area contributed by atoms with E-state index in [-0.39, 0.29) is 5.92 Å². The van der Waals surface area contributed by atoms with Gasteiger partial charge in [0.2, 0.25) is 0 Å². The minimum absolute atomic E-state index is 0.166. The van der Waals surface area contributed by atoms with E-state index in [1.54, 1.807) is 0 Å². The second kappa shape index (κ2) is 7.94. The molecule has 24 heavy (non-hydrogen) atoms. The van der Waals surface area contributed by atoms with Gasteiger partial charge < -0.3 is 0 Å². The smallest absolute Gasteiger partial charge is 0.108 e. The first kappa shape index (κ1) is 17.2. The molecule has 0 spiro atoms. The Hall–Kier alpha value is -1.67. The molecule has 1 aliphatic carbocycles. The van der Waals surface area contributed by atoms with Crippen LogP contribution < -0.4 is 0 Å². The molecule has 0 saturated heterocycles. The highest BCUT2D eigenvalue weighted by Crippen LogP contribution is 2.43. The van der Waals surface area contributed by atoms with Crippen molar-refractivity contribution in [1.82, 2.24) is 4.90 Å². The molecule has 3 unspecified atom stereocenters. The highest BCUT2D eigenvalue weighted by atomic mass is 19.1. The van der Waals surface area contributed by atoms with Crippen LogP contribution in [0.1, 0.15) is 48.8 Å². The molecular weight excluding hydrogens is 297 g/mol. The lowest BCUT2D eigenvalue weighted by molar-refractivity contribution is 0.216. The summed E-state index contributed by atoms with van der Waals surface area (Å²) >= 11 is 0. The Morgan fingerprint density at radius 1 is 1.04 bits per heavy atom. The van der Waals surface area contributed by atoms with Crippen molar-refractivity contribution < 1.29 is 4.39 Å². The summed E-state index contributed by atoms with van der Waals surface area (Å²) in [5, 5.41) is 0. The SMILES string of the molecule is CCC(CCc1ccc(C2CC2F)cc1)N(C)Cc1ccccc1. The summed E-state index contributed by atoms with van der Waals surface area (Å²) in [5.41, 5.74) is 3.90. The van der Waals surface area contributed by atoms with Crippen LogP contribution in [0.5, 0.6) is 0 Å². The third kappa shape index (κ3) is 4.45. The van der Waals surface area contributed by atoms with Gasteiger partial charge in [-0.25, -0.2) is 4.39 Å². The molecule has 0 radical (unpaired) electrons. The standard InChI is InChI=1S/C22H28FN/c1-3-20(24(2)16-18-7-5-4-6-8-18)14-11-17-9-12-19(13-10-17)21-15-22(21)23/h4-10,12-13,20-22H,3,11,14-16H2,1-2H3. The van der Waals surface area contributed by atoms with Crippen molar-refractivity contribution in [2.24, 2.45) is 0 Å². The van der Waals surface area contributed by atoms with E-state index in [0.29, 0.717) is 12.5 Å². The average molecular weight is 325 g/mol. The van der Waals surface area contributed by atoms with Gasteiger partial charge in [-0.05, 0) is 49.4 Å². The molecule has 0 bridgehead atoms. The first-order chi connectivity index (χ1) is 11.7. The topological polar surface area (TPSA) is 3.24 Å². The van der Waals surface area contributed by atoms with Gasteiger partial charge in [0.1, 0.15) is 6.17 Å². The Bertz CT molecular complexity index is 622. The second-order valence-electron chi connectivity index (χ2n) is 7.10. The summed E-state index contributed by atoms with van der Waals surface area (Å²) in [6, 6.07) is 19.9. The molecule has 0 aliphatic heterocycles. The zero-order valence-corrected chi connectivity index (χ0v) is 14.8. The Morgan fingerprint density at radius 2 is 1.71 bits per heavy atom. The predicted molar refractivity (Wildman–Crippen MR) is 99.0 cm³/mol. The molecule has 128 valence electrons. The quantitative estimate of drug-likeness (QED) is 0.632. The number of nitrogens with zero attached hydrogens (tertiary/aromatic N) is 1. The second-order valence-corrected chi connectivity index (χ2v) is 7.10. The van der Waals surface area contributed by atoms with Gasteiger partial charge in [0.25, 0.3) is 0 Å². The molecule has 0 amide bonds. The van der Waals surface area contributed by atoms with E-state index < -0.39 is 6.17 Å². The maximum Gasteiger partial charge on any atom is 0.108 e. The molecule has 1 fully saturated rings. The van der Waals surface area contributed by atoms with E-state index >= 15 is 0 Å². The van der Waals surface area contributed by atoms with E-state index in [4.69, 9.17) is 0 Å². The van der Waals surface area contributed by atoms with Crippen molar-refractivity contribution in [2.45, 2.75) is 57.3 Å². The molecule has 0 aromatic heterocycles. The maximum absolute atomic E-state index is 13.1. The minimum atomic E-state index is -0.605. The van der Waals surface area contributed by atoms with Crippen LogP contribution in [0.3, 0.4) is 0 Å². The molecule has 3 atom stereocenters. The van der Waals surface area contributed by atoms with Crippen LogP contribution in [-0.4, -0.2) is 24.2 Å². The monoisotopic (exact) mass is 325 g/mol. The van der Waals surface area contributed by atoms with Crippen LogP contribution in [-0.2, 0) is 13.0 Å². The molecule has 0 heterocycles. The van der Waals surface area contributed by atoms with Crippen LogP contribution in [0.2, 0.25) is 0 Å². The van der Waals surface area contributed by atoms with Gasteiger partial charge in [0, 0.05) is 18.5 Å². The molecular formula is C22H28FN. The largest absolute Gasteiger partial charge is 0.299 e. The average Bonchev–Trinajstić information content (AvgIpc) is 3.33. The lowest BCUT2D eigenvalue weighted by Crippen LogP contribution is -2.31. The summed E-state index contributed by atoms with van der Waals surface area (Å²) in [4.78, 5) is 2.46. The van der Waals surface area contributed by atoms with Gasteiger partial charge in [-0.3, -0.25) is 4.90 Å². The van der Waals surface area contributed by atoms with Crippen LogP contribution in [0.4, 0.5) is 4.39 Å². The number of hydrogen-bond acceptors (Lipinski definition) is 1. The van der Waals surface area contributed by atoms with Gasteiger partial charge in [-0.2, -0.15) is 0 Å². The molecule has 0 N–H and O–H groups in total. The summed E-state index contributed by atoms with van der Waals surface area (Å²) in [6.07, 6.45) is 3.51. The number of hydrogen-bond donors (Lipinski definition) is 0. The third-order valence-corrected chi connectivity index (χ3v) is 5.26. The fourth-order valence-corrected chi connectivity index (χ4v) is 3.51. The van der Waals surface area contributed by atoms with Crippen molar-refractivity contribution in [3.8, 4) is 0 Å². The van der Waals surface area contributed by atoms with E-state index in [1.165, 1.54) is 16.7 Å². The number of alkyl halides is 1. The maximum atomic E-state index is 13.1. The fourth-order valence-electron chi connectivity index (χ4n) is 3.51. The summed E-state index contributed by atoms with van der Waals surface area (Å²) in [6.45, 7) is 3.27. The molecule has 2 aromatic carbocycles. The molecule has 1 nitrogen and oxygen atoms in total. The highest BCUT2D eigenvalue weighted by molar-refractivity contribution is 5.30. The third-order valence-electron chi connectivity index (χ3n) is 5.26. The number of benzene rings is 2. The summed E-state index contributed by atoms with van der Waals surface area (Å²) in [7, 11) is 2.22.